The predicted octanol–water partition coefficient (Wildman–Crippen LogP) is 2.99. The van der Waals surface area contributed by atoms with Crippen molar-refractivity contribution in [1.82, 2.24) is 0 Å². The molecule has 2 aromatic carbocycles. The molecule has 0 unspecified atom stereocenters. The van der Waals surface area contributed by atoms with E-state index < -0.39 is 11.9 Å². The van der Waals surface area contributed by atoms with Gasteiger partial charge in [-0.3, -0.25) is 9.59 Å². The van der Waals surface area contributed by atoms with Gasteiger partial charge in [-0.15, -0.1) is 0 Å². The monoisotopic (exact) mass is 352 g/mol. The molecule has 26 heavy (non-hydrogen) atoms. The van der Waals surface area contributed by atoms with Crippen molar-refractivity contribution in [2.45, 2.75) is 20.3 Å². The standard InChI is InChI=1S/C20H20N2O4/c1-12-4-3-5-13(2)18(12)22-11-15(10-17(22)23)19(24)21-16-8-6-14(7-9-16)20(25)26/h3-9,15H,10-11H2,1-2H3,(H,21,24)(H,25,26)/t15-/m0/s1. The maximum absolute atomic E-state index is 12.5. The summed E-state index contributed by atoms with van der Waals surface area (Å²) in [6.45, 7) is 4.24. The number of hydrogen-bond acceptors (Lipinski definition) is 3. The van der Waals surface area contributed by atoms with Crippen LogP contribution < -0.4 is 10.2 Å². The number of rotatable bonds is 4. The van der Waals surface area contributed by atoms with E-state index in [2.05, 4.69) is 5.32 Å². The molecule has 1 aliphatic heterocycles. The molecule has 0 radical (unpaired) electrons. The third-order valence-electron chi connectivity index (χ3n) is 4.60. The lowest BCUT2D eigenvalue weighted by molar-refractivity contribution is -0.122. The largest absolute Gasteiger partial charge is 0.478 e. The van der Waals surface area contributed by atoms with Gasteiger partial charge in [-0.25, -0.2) is 4.79 Å². The molecule has 2 amide bonds. The minimum atomic E-state index is -1.02. The Hall–Kier alpha value is -3.15. The van der Waals surface area contributed by atoms with Gasteiger partial charge in [0.2, 0.25) is 11.8 Å². The van der Waals surface area contributed by atoms with E-state index in [1.807, 2.05) is 32.0 Å². The molecule has 1 heterocycles. The average molecular weight is 352 g/mol. The number of carboxylic acids is 1. The zero-order chi connectivity index (χ0) is 18.8. The van der Waals surface area contributed by atoms with E-state index in [1.165, 1.54) is 12.1 Å². The van der Waals surface area contributed by atoms with Gasteiger partial charge in [-0.05, 0) is 49.2 Å². The fraction of sp³-hybridized carbons (Fsp3) is 0.250. The van der Waals surface area contributed by atoms with Gasteiger partial charge in [0.25, 0.3) is 0 Å². The van der Waals surface area contributed by atoms with Crippen LogP contribution in [0, 0.1) is 19.8 Å². The molecule has 6 heteroatoms. The molecule has 3 rings (SSSR count). The van der Waals surface area contributed by atoms with Crippen molar-refractivity contribution in [1.29, 1.82) is 0 Å². The summed E-state index contributed by atoms with van der Waals surface area (Å²) < 4.78 is 0. The fourth-order valence-corrected chi connectivity index (χ4v) is 3.27. The van der Waals surface area contributed by atoms with Crippen LogP contribution >= 0.6 is 0 Å². The Labute approximate surface area is 151 Å². The molecule has 0 bridgehead atoms. The van der Waals surface area contributed by atoms with Gasteiger partial charge < -0.3 is 15.3 Å². The molecule has 134 valence electrons. The SMILES string of the molecule is Cc1cccc(C)c1N1C[C@@H](C(=O)Nc2ccc(C(=O)O)cc2)CC1=O. The molecule has 1 aliphatic rings. The second-order valence-electron chi connectivity index (χ2n) is 6.52. The summed E-state index contributed by atoms with van der Waals surface area (Å²) >= 11 is 0. The summed E-state index contributed by atoms with van der Waals surface area (Å²) in [4.78, 5) is 37.5. The van der Waals surface area contributed by atoms with Gasteiger partial charge in [-0.1, -0.05) is 18.2 Å². The fourth-order valence-electron chi connectivity index (χ4n) is 3.27. The molecule has 0 spiro atoms. The first-order valence-electron chi connectivity index (χ1n) is 8.37. The summed E-state index contributed by atoms with van der Waals surface area (Å²) in [5.41, 5.74) is 3.55. The quantitative estimate of drug-likeness (QED) is 0.886. The van der Waals surface area contributed by atoms with Gasteiger partial charge >= 0.3 is 5.97 Å². The van der Waals surface area contributed by atoms with Gasteiger partial charge in [0, 0.05) is 24.3 Å². The number of carbonyl (C=O) groups excluding carboxylic acids is 2. The smallest absolute Gasteiger partial charge is 0.335 e. The normalized spacial score (nSPS) is 16.6. The van der Waals surface area contributed by atoms with Crippen LogP contribution in [0.3, 0.4) is 0 Å². The van der Waals surface area contributed by atoms with Gasteiger partial charge in [-0.2, -0.15) is 0 Å². The van der Waals surface area contributed by atoms with Crippen molar-refractivity contribution in [3.05, 3.63) is 59.2 Å². The van der Waals surface area contributed by atoms with Crippen molar-refractivity contribution >= 4 is 29.2 Å². The summed E-state index contributed by atoms with van der Waals surface area (Å²) in [6, 6.07) is 11.8. The number of carbonyl (C=O) groups is 3. The van der Waals surface area contributed by atoms with Crippen LogP contribution in [0.15, 0.2) is 42.5 Å². The van der Waals surface area contributed by atoms with Crippen molar-refractivity contribution < 1.29 is 19.5 Å². The third kappa shape index (κ3) is 3.44. The van der Waals surface area contributed by atoms with Crippen LogP contribution in [0.5, 0.6) is 0 Å². The molecule has 1 saturated heterocycles. The number of amides is 2. The lowest BCUT2D eigenvalue weighted by Crippen LogP contribution is -2.29. The van der Waals surface area contributed by atoms with Crippen molar-refractivity contribution in [2.24, 2.45) is 5.92 Å². The molecule has 2 aromatic rings. The predicted molar refractivity (Wildman–Crippen MR) is 98.4 cm³/mol. The second-order valence-corrected chi connectivity index (χ2v) is 6.52. The molecular weight excluding hydrogens is 332 g/mol. The highest BCUT2D eigenvalue weighted by Crippen LogP contribution is 2.31. The number of para-hydroxylation sites is 1. The lowest BCUT2D eigenvalue weighted by atomic mass is 10.1. The Morgan fingerprint density at radius 1 is 1.08 bits per heavy atom. The number of anilines is 2. The number of aryl methyl sites for hydroxylation is 2. The molecule has 0 aromatic heterocycles. The minimum absolute atomic E-state index is 0.0659. The van der Waals surface area contributed by atoms with Gasteiger partial charge in [0.1, 0.15) is 0 Å². The number of carboxylic acid groups (broad SMARTS) is 1. The van der Waals surface area contributed by atoms with Crippen LogP contribution in [-0.2, 0) is 9.59 Å². The van der Waals surface area contributed by atoms with Crippen LogP contribution in [0.1, 0.15) is 27.9 Å². The van der Waals surface area contributed by atoms with E-state index in [4.69, 9.17) is 5.11 Å². The number of nitrogens with zero attached hydrogens (tertiary/aromatic N) is 1. The average Bonchev–Trinajstić information content (AvgIpc) is 2.97. The maximum atomic E-state index is 12.5. The second kappa shape index (κ2) is 7.00. The molecule has 1 atom stereocenters. The van der Waals surface area contributed by atoms with E-state index in [1.54, 1.807) is 17.0 Å². The number of nitrogens with one attached hydrogen (secondary N) is 1. The zero-order valence-electron chi connectivity index (χ0n) is 14.7. The highest BCUT2D eigenvalue weighted by Gasteiger charge is 2.36. The molecule has 2 N–H and O–H groups in total. The first-order chi connectivity index (χ1) is 12.4. The van der Waals surface area contributed by atoms with Gasteiger partial charge in [0.15, 0.2) is 0 Å². The molecular formula is C20H20N2O4. The molecule has 0 saturated carbocycles. The Morgan fingerprint density at radius 2 is 1.69 bits per heavy atom. The summed E-state index contributed by atoms with van der Waals surface area (Å²) in [7, 11) is 0. The van der Waals surface area contributed by atoms with E-state index in [0.717, 1.165) is 16.8 Å². The Kier molecular flexibility index (Phi) is 4.75. The van der Waals surface area contributed by atoms with Crippen LogP contribution in [0.25, 0.3) is 0 Å². The Morgan fingerprint density at radius 3 is 2.27 bits per heavy atom. The minimum Gasteiger partial charge on any atom is -0.478 e. The summed E-state index contributed by atoms with van der Waals surface area (Å²) in [6.07, 6.45) is 0.160. The first-order valence-corrected chi connectivity index (χ1v) is 8.37. The number of hydrogen-bond donors (Lipinski definition) is 2. The van der Waals surface area contributed by atoms with Crippen molar-refractivity contribution in [3.63, 3.8) is 0 Å². The summed E-state index contributed by atoms with van der Waals surface area (Å²) in [5, 5.41) is 11.7. The third-order valence-corrected chi connectivity index (χ3v) is 4.60. The van der Waals surface area contributed by atoms with E-state index in [0.29, 0.717) is 12.2 Å². The van der Waals surface area contributed by atoms with Gasteiger partial charge in [0.05, 0.1) is 11.5 Å². The van der Waals surface area contributed by atoms with Crippen LogP contribution in [0.4, 0.5) is 11.4 Å². The van der Waals surface area contributed by atoms with E-state index in [-0.39, 0.29) is 23.8 Å². The molecule has 0 aliphatic carbocycles. The number of aromatic carboxylic acids is 1. The highest BCUT2D eigenvalue weighted by molar-refractivity contribution is 6.04. The van der Waals surface area contributed by atoms with Crippen LogP contribution in [-0.4, -0.2) is 29.4 Å². The maximum Gasteiger partial charge on any atom is 0.335 e. The van der Waals surface area contributed by atoms with Crippen LogP contribution in [0.2, 0.25) is 0 Å². The zero-order valence-corrected chi connectivity index (χ0v) is 14.7. The van der Waals surface area contributed by atoms with Crippen molar-refractivity contribution in [3.8, 4) is 0 Å². The van der Waals surface area contributed by atoms with Crippen molar-refractivity contribution in [2.75, 3.05) is 16.8 Å². The first kappa shape index (κ1) is 17.7. The number of benzene rings is 2. The molecule has 1 fully saturated rings. The topological polar surface area (TPSA) is 86.7 Å². The Balaban J connectivity index is 1.72. The molecule has 6 nitrogen and oxygen atoms in total. The Bertz CT molecular complexity index is 854. The highest BCUT2D eigenvalue weighted by atomic mass is 16.4. The van der Waals surface area contributed by atoms with E-state index in [9.17, 15) is 14.4 Å². The van der Waals surface area contributed by atoms with E-state index >= 15 is 0 Å². The summed E-state index contributed by atoms with van der Waals surface area (Å²) in [5.74, 6) is -1.77. The lowest BCUT2D eigenvalue weighted by Gasteiger charge is -2.21.